The summed E-state index contributed by atoms with van der Waals surface area (Å²) in [6.07, 6.45) is 1.56. The molecule has 7 heteroatoms. The molecule has 0 unspecified atom stereocenters. The summed E-state index contributed by atoms with van der Waals surface area (Å²) in [7, 11) is -3.82. The zero-order chi connectivity index (χ0) is 16.6. The molecule has 1 aliphatic heterocycles. The van der Waals surface area contributed by atoms with Crippen LogP contribution in [-0.4, -0.2) is 19.9 Å². The number of rotatable bonds is 3. The lowest BCUT2D eigenvalue weighted by Gasteiger charge is -2.30. The Morgan fingerprint density at radius 1 is 1.17 bits per heavy atom. The Kier molecular flexibility index (Phi) is 3.81. The topological polar surface area (TPSA) is 80.5 Å². The first-order valence-corrected chi connectivity index (χ1v) is 8.71. The van der Waals surface area contributed by atoms with Gasteiger partial charge in [0.25, 0.3) is 15.7 Å². The molecule has 0 aromatic heterocycles. The molecule has 0 aliphatic carbocycles. The number of hydrogen-bond acceptors (Lipinski definition) is 4. The van der Waals surface area contributed by atoms with Crippen molar-refractivity contribution in [2.75, 3.05) is 10.8 Å². The molecule has 0 radical (unpaired) electrons. The molecule has 0 amide bonds. The number of aryl methyl sites for hydroxylation is 2. The molecule has 2 aromatic carbocycles. The second kappa shape index (κ2) is 5.66. The summed E-state index contributed by atoms with van der Waals surface area (Å²) in [5.41, 5.74) is 1.88. The van der Waals surface area contributed by atoms with Crippen molar-refractivity contribution < 1.29 is 13.3 Å². The molecule has 0 N–H and O–H groups in total. The molecule has 1 aliphatic rings. The van der Waals surface area contributed by atoms with Crippen LogP contribution in [0.15, 0.2) is 47.4 Å². The molecule has 3 rings (SSSR count). The van der Waals surface area contributed by atoms with Crippen molar-refractivity contribution in [1.29, 1.82) is 0 Å². The van der Waals surface area contributed by atoms with Crippen molar-refractivity contribution in [3.8, 4) is 0 Å². The van der Waals surface area contributed by atoms with Gasteiger partial charge in [-0.1, -0.05) is 24.3 Å². The van der Waals surface area contributed by atoms with Crippen LogP contribution in [0.1, 0.15) is 17.5 Å². The van der Waals surface area contributed by atoms with Gasteiger partial charge >= 0.3 is 0 Å². The van der Waals surface area contributed by atoms with E-state index in [0.29, 0.717) is 17.8 Å². The number of hydrogen-bond donors (Lipinski definition) is 0. The van der Waals surface area contributed by atoms with Crippen LogP contribution >= 0.6 is 0 Å². The molecule has 0 saturated carbocycles. The lowest BCUT2D eigenvalue weighted by Crippen LogP contribution is -2.35. The highest BCUT2D eigenvalue weighted by Crippen LogP contribution is 2.33. The molecular weight excluding hydrogens is 316 g/mol. The summed E-state index contributed by atoms with van der Waals surface area (Å²) in [5.74, 6) is 0. The zero-order valence-corrected chi connectivity index (χ0v) is 13.4. The van der Waals surface area contributed by atoms with E-state index in [-0.39, 0.29) is 10.6 Å². The molecule has 0 atom stereocenters. The van der Waals surface area contributed by atoms with E-state index in [0.717, 1.165) is 24.5 Å². The van der Waals surface area contributed by atoms with Crippen LogP contribution in [0.3, 0.4) is 0 Å². The van der Waals surface area contributed by atoms with Gasteiger partial charge in [-0.3, -0.25) is 14.4 Å². The molecule has 23 heavy (non-hydrogen) atoms. The smallest absolute Gasteiger partial charge is 0.266 e. The fourth-order valence-corrected chi connectivity index (χ4v) is 4.38. The van der Waals surface area contributed by atoms with Crippen LogP contribution in [-0.2, 0) is 16.4 Å². The number of para-hydroxylation sites is 1. The first kappa shape index (κ1) is 15.5. The minimum Gasteiger partial charge on any atom is -0.266 e. The van der Waals surface area contributed by atoms with Gasteiger partial charge in [-0.15, -0.1) is 0 Å². The summed E-state index contributed by atoms with van der Waals surface area (Å²) in [6.45, 7) is 1.96. The minimum absolute atomic E-state index is 0.0495. The summed E-state index contributed by atoms with van der Waals surface area (Å²) < 4.78 is 27.2. The average Bonchev–Trinajstić information content (AvgIpc) is 2.54. The minimum atomic E-state index is -3.82. The summed E-state index contributed by atoms with van der Waals surface area (Å²) in [5, 5.41) is 11.1. The first-order chi connectivity index (χ1) is 10.9. The lowest BCUT2D eigenvalue weighted by atomic mass is 10.0. The molecule has 0 saturated heterocycles. The van der Waals surface area contributed by atoms with E-state index in [9.17, 15) is 18.5 Å². The van der Waals surface area contributed by atoms with Crippen molar-refractivity contribution in [3.63, 3.8) is 0 Å². The summed E-state index contributed by atoms with van der Waals surface area (Å²) in [4.78, 5) is 10.5. The largest absolute Gasteiger partial charge is 0.273 e. The predicted octanol–water partition coefficient (Wildman–Crippen LogP) is 3.04. The number of benzene rings is 2. The highest BCUT2D eigenvalue weighted by atomic mass is 32.2. The predicted molar refractivity (Wildman–Crippen MR) is 87.1 cm³/mol. The van der Waals surface area contributed by atoms with E-state index in [2.05, 4.69) is 0 Å². The molecule has 1 heterocycles. The fraction of sp³-hybridized carbons (Fsp3) is 0.250. The number of nitrogens with zero attached hydrogens (tertiary/aromatic N) is 2. The van der Waals surface area contributed by atoms with E-state index < -0.39 is 14.9 Å². The maximum Gasteiger partial charge on any atom is 0.273 e. The van der Waals surface area contributed by atoms with Crippen LogP contribution in [0.25, 0.3) is 0 Å². The van der Waals surface area contributed by atoms with Gasteiger partial charge in [-0.25, -0.2) is 8.42 Å². The molecule has 0 fully saturated rings. The van der Waals surface area contributed by atoms with Crippen LogP contribution in [0, 0.1) is 17.0 Å². The molecule has 6 nitrogen and oxygen atoms in total. The number of fused-ring (bicyclic) bond motifs is 1. The quantitative estimate of drug-likeness (QED) is 0.639. The Morgan fingerprint density at radius 2 is 1.91 bits per heavy atom. The van der Waals surface area contributed by atoms with Gasteiger partial charge in [0.05, 0.1) is 15.5 Å². The van der Waals surface area contributed by atoms with Crippen molar-refractivity contribution in [3.05, 3.63) is 63.7 Å². The van der Waals surface area contributed by atoms with Crippen molar-refractivity contribution in [2.45, 2.75) is 24.7 Å². The van der Waals surface area contributed by atoms with Crippen LogP contribution in [0.2, 0.25) is 0 Å². The van der Waals surface area contributed by atoms with E-state index in [1.165, 1.54) is 16.4 Å². The third kappa shape index (κ3) is 2.68. The highest BCUT2D eigenvalue weighted by molar-refractivity contribution is 7.92. The molecule has 0 spiro atoms. The Bertz CT molecular complexity index is 877. The van der Waals surface area contributed by atoms with E-state index in [1.807, 2.05) is 12.1 Å². The standard InChI is InChI=1S/C16H16N2O4S/c1-12-8-9-14(11-16(12)18(19)20)23(21,22)17-10-4-6-13-5-2-3-7-15(13)17/h2-3,5,7-9,11H,4,6,10H2,1H3. The Balaban J connectivity index is 2.10. The Morgan fingerprint density at radius 3 is 2.65 bits per heavy atom. The Hall–Kier alpha value is -2.41. The van der Waals surface area contributed by atoms with Gasteiger partial charge in [0.2, 0.25) is 0 Å². The maximum absolute atomic E-state index is 12.9. The second-order valence-electron chi connectivity index (χ2n) is 5.51. The highest BCUT2D eigenvalue weighted by Gasteiger charge is 2.30. The first-order valence-electron chi connectivity index (χ1n) is 7.27. The summed E-state index contributed by atoms with van der Waals surface area (Å²) >= 11 is 0. The third-order valence-corrected chi connectivity index (χ3v) is 5.84. The molecule has 120 valence electrons. The van der Waals surface area contributed by atoms with E-state index in [4.69, 9.17) is 0 Å². The molecule has 0 bridgehead atoms. The van der Waals surface area contributed by atoms with Crippen molar-refractivity contribution >= 4 is 21.4 Å². The van der Waals surface area contributed by atoms with Gasteiger partial charge in [0.1, 0.15) is 0 Å². The number of nitro benzene ring substituents is 1. The van der Waals surface area contributed by atoms with Crippen LogP contribution < -0.4 is 4.31 Å². The third-order valence-electron chi connectivity index (χ3n) is 4.03. The van der Waals surface area contributed by atoms with Crippen LogP contribution in [0.5, 0.6) is 0 Å². The number of anilines is 1. The molecule has 2 aromatic rings. The van der Waals surface area contributed by atoms with E-state index >= 15 is 0 Å². The van der Waals surface area contributed by atoms with Gasteiger partial charge in [-0.05, 0) is 37.5 Å². The van der Waals surface area contributed by atoms with Crippen molar-refractivity contribution in [2.24, 2.45) is 0 Å². The monoisotopic (exact) mass is 332 g/mol. The number of sulfonamides is 1. The zero-order valence-electron chi connectivity index (χ0n) is 12.6. The number of nitro groups is 1. The second-order valence-corrected chi connectivity index (χ2v) is 7.38. The summed E-state index contributed by atoms with van der Waals surface area (Å²) in [6, 6.07) is 11.4. The van der Waals surface area contributed by atoms with Gasteiger partial charge in [-0.2, -0.15) is 0 Å². The van der Waals surface area contributed by atoms with Gasteiger partial charge in [0.15, 0.2) is 0 Å². The normalized spacial score (nSPS) is 14.4. The Labute approximate surface area is 134 Å². The van der Waals surface area contributed by atoms with Crippen LogP contribution in [0.4, 0.5) is 11.4 Å². The van der Waals surface area contributed by atoms with Crippen molar-refractivity contribution in [1.82, 2.24) is 0 Å². The van der Waals surface area contributed by atoms with Gasteiger partial charge < -0.3 is 0 Å². The fourth-order valence-electron chi connectivity index (χ4n) is 2.82. The average molecular weight is 332 g/mol. The van der Waals surface area contributed by atoms with E-state index in [1.54, 1.807) is 19.1 Å². The molecular formula is C16H16N2O4S. The van der Waals surface area contributed by atoms with Gasteiger partial charge in [0, 0.05) is 18.2 Å². The lowest BCUT2D eigenvalue weighted by molar-refractivity contribution is -0.385. The SMILES string of the molecule is Cc1ccc(S(=O)(=O)N2CCCc3ccccc32)cc1[N+](=O)[O-]. The maximum atomic E-state index is 12.9.